The molecular formula is C31H20N2O. The highest BCUT2D eigenvalue weighted by Crippen LogP contribution is 2.43. The lowest BCUT2D eigenvalue weighted by atomic mass is 10.0. The summed E-state index contributed by atoms with van der Waals surface area (Å²) in [5.74, 6) is 0. The van der Waals surface area contributed by atoms with Gasteiger partial charge in [-0.15, -0.1) is 0 Å². The Kier molecular flexibility index (Phi) is 4.00. The van der Waals surface area contributed by atoms with Gasteiger partial charge in [-0.25, -0.2) is 0 Å². The fraction of sp³-hybridized carbons (Fsp3) is 0. The summed E-state index contributed by atoms with van der Waals surface area (Å²) in [5.41, 5.74) is 7.12. The van der Waals surface area contributed by atoms with Crippen molar-refractivity contribution in [1.29, 1.82) is 0 Å². The van der Waals surface area contributed by atoms with Crippen molar-refractivity contribution >= 4 is 49.9 Å². The van der Waals surface area contributed by atoms with Crippen LogP contribution in [0, 0.1) is 0 Å². The minimum absolute atomic E-state index is 0.693. The minimum Gasteiger partial charge on any atom is -0.309 e. The summed E-state index contributed by atoms with van der Waals surface area (Å²) < 4.78 is 4.56. The van der Waals surface area contributed by atoms with Crippen LogP contribution in [0.25, 0.3) is 55.0 Å². The van der Waals surface area contributed by atoms with Gasteiger partial charge in [0.2, 0.25) is 0 Å². The van der Waals surface area contributed by atoms with Crippen LogP contribution in [0.2, 0.25) is 0 Å². The summed E-state index contributed by atoms with van der Waals surface area (Å²) in [7, 11) is 0. The van der Waals surface area contributed by atoms with Crippen molar-refractivity contribution in [3.8, 4) is 11.4 Å². The number of rotatable bonds is 3. The molecule has 3 heteroatoms. The molecule has 3 nitrogen and oxygen atoms in total. The predicted octanol–water partition coefficient (Wildman–Crippen LogP) is 7.69. The standard InChI is InChI=1S/C31H20N2O/c34-20-21-19-26-24-15-7-9-17-27(24)33(23-13-5-2-6-14-23)31(26)29-25-16-8-10-18-28(25)32(30(21)29)22-11-3-1-4-12-22/h1-20H. The third-order valence-electron chi connectivity index (χ3n) is 6.75. The Morgan fingerprint density at radius 1 is 0.500 bits per heavy atom. The highest BCUT2D eigenvalue weighted by molar-refractivity contribution is 6.28. The van der Waals surface area contributed by atoms with E-state index in [1.165, 1.54) is 0 Å². The first-order valence-electron chi connectivity index (χ1n) is 11.4. The molecule has 7 rings (SSSR count). The summed E-state index contributed by atoms with van der Waals surface area (Å²) in [6.45, 7) is 0. The summed E-state index contributed by atoms with van der Waals surface area (Å²) in [4.78, 5) is 12.5. The van der Waals surface area contributed by atoms with E-state index in [-0.39, 0.29) is 0 Å². The number of aromatic nitrogens is 2. The maximum absolute atomic E-state index is 12.5. The molecule has 5 aromatic carbocycles. The Balaban J connectivity index is 1.82. The summed E-state index contributed by atoms with van der Waals surface area (Å²) in [5, 5.41) is 4.46. The number of carbonyl (C=O) groups excluding carboxylic acids is 1. The molecule has 0 bridgehead atoms. The van der Waals surface area contributed by atoms with Gasteiger partial charge < -0.3 is 9.13 Å². The Morgan fingerprint density at radius 3 is 1.62 bits per heavy atom. The molecule has 7 aromatic rings. The first-order chi connectivity index (χ1) is 16.9. The molecular weight excluding hydrogens is 416 g/mol. The Labute approximate surface area is 196 Å². The molecule has 2 heterocycles. The fourth-order valence-electron chi connectivity index (χ4n) is 5.41. The summed E-state index contributed by atoms with van der Waals surface area (Å²) in [6.07, 6.45) is 0.995. The van der Waals surface area contributed by atoms with E-state index in [0.717, 1.165) is 61.3 Å². The van der Waals surface area contributed by atoms with Crippen LogP contribution in [-0.2, 0) is 0 Å². The monoisotopic (exact) mass is 436 g/mol. The SMILES string of the molecule is O=Cc1cc2c3ccccc3n(-c3ccccc3)c2c2c3ccccc3n(-c3ccccc3)c12. The van der Waals surface area contributed by atoms with E-state index in [1.54, 1.807) is 0 Å². The van der Waals surface area contributed by atoms with Gasteiger partial charge >= 0.3 is 0 Å². The van der Waals surface area contributed by atoms with Crippen LogP contribution in [0.1, 0.15) is 10.4 Å². The maximum Gasteiger partial charge on any atom is 0.152 e. The summed E-state index contributed by atoms with van der Waals surface area (Å²) in [6, 6.07) is 39.7. The van der Waals surface area contributed by atoms with Gasteiger partial charge in [-0.2, -0.15) is 0 Å². The average molecular weight is 437 g/mol. The molecule has 0 radical (unpaired) electrons. The first kappa shape index (κ1) is 18.9. The Bertz CT molecular complexity index is 1860. The second-order valence-electron chi connectivity index (χ2n) is 8.58. The normalized spacial score (nSPS) is 11.6. The molecule has 0 aliphatic rings. The zero-order valence-electron chi connectivity index (χ0n) is 18.3. The third kappa shape index (κ3) is 2.49. The molecule has 0 aliphatic carbocycles. The molecule has 0 saturated heterocycles. The quantitative estimate of drug-likeness (QED) is 0.261. The van der Waals surface area contributed by atoms with E-state index in [2.05, 4.69) is 100 Å². The van der Waals surface area contributed by atoms with Gasteiger partial charge in [0.25, 0.3) is 0 Å². The molecule has 0 fully saturated rings. The van der Waals surface area contributed by atoms with Crippen LogP contribution in [0.5, 0.6) is 0 Å². The van der Waals surface area contributed by atoms with Gasteiger partial charge in [0.15, 0.2) is 6.29 Å². The smallest absolute Gasteiger partial charge is 0.152 e. The van der Waals surface area contributed by atoms with Gasteiger partial charge in [-0.05, 0) is 42.5 Å². The van der Waals surface area contributed by atoms with Gasteiger partial charge in [0.1, 0.15) is 0 Å². The van der Waals surface area contributed by atoms with E-state index in [9.17, 15) is 4.79 Å². The highest BCUT2D eigenvalue weighted by atomic mass is 16.1. The first-order valence-corrected chi connectivity index (χ1v) is 11.4. The van der Waals surface area contributed by atoms with Gasteiger partial charge in [0.05, 0.1) is 22.1 Å². The molecule has 0 amide bonds. The number of para-hydroxylation sites is 4. The zero-order valence-corrected chi connectivity index (χ0v) is 18.3. The van der Waals surface area contributed by atoms with Gasteiger partial charge in [-0.1, -0.05) is 72.8 Å². The van der Waals surface area contributed by atoms with Gasteiger partial charge in [0, 0.05) is 38.5 Å². The van der Waals surface area contributed by atoms with Crippen molar-refractivity contribution in [3.63, 3.8) is 0 Å². The van der Waals surface area contributed by atoms with E-state index in [1.807, 2.05) is 24.3 Å². The number of aldehydes is 1. The topological polar surface area (TPSA) is 26.9 Å². The van der Waals surface area contributed by atoms with E-state index in [4.69, 9.17) is 0 Å². The van der Waals surface area contributed by atoms with Gasteiger partial charge in [-0.3, -0.25) is 4.79 Å². The Morgan fingerprint density at radius 2 is 1.00 bits per heavy atom. The van der Waals surface area contributed by atoms with Crippen LogP contribution >= 0.6 is 0 Å². The van der Waals surface area contributed by atoms with E-state index >= 15 is 0 Å². The van der Waals surface area contributed by atoms with Crippen LogP contribution in [-0.4, -0.2) is 15.4 Å². The number of hydrogen-bond acceptors (Lipinski definition) is 1. The minimum atomic E-state index is 0.693. The van der Waals surface area contributed by atoms with Crippen molar-refractivity contribution in [2.75, 3.05) is 0 Å². The van der Waals surface area contributed by atoms with Crippen LogP contribution in [0.15, 0.2) is 115 Å². The fourth-order valence-corrected chi connectivity index (χ4v) is 5.41. The Hall–Kier alpha value is -4.63. The number of nitrogens with zero attached hydrogens (tertiary/aromatic N) is 2. The number of fused-ring (bicyclic) bond motifs is 7. The molecule has 2 aromatic heterocycles. The lowest BCUT2D eigenvalue weighted by Crippen LogP contribution is -1.98. The maximum atomic E-state index is 12.5. The number of hydrogen-bond donors (Lipinski definition) is 0. The largest absolute Gasteiger partial charge is 0.309 e. The molecule has 0 unspecified atom stereocenters. The zero-order chi connectivity index (χ0) is 22.6. The molecule has 0 atom stereocenters. The second kappa shape index (κ2) is 7.19. The number of benzene rings is 5. The number of carbonyl (C=O) groups is 1. The predicted molar refractivity (Wildman–Crippen MR) is 141 cm³/mol. The summed E-state index contributed by atoms with van der Waals surface area (Å²) >= 11 is 0. The molecule has 0 saturated carbocycles. The van der Waals surface area contributed by atoms with Crippen LogP contribution in [0.3, 0.4) is 0 Å². The second-order valence-corrected chi connectivity index (χ2v) is 8.58. The molecule has 34 heavy (non-hydrogen) atoms. The van der Waals surface area contributed by atoms with Crippen LogP contribution in [0.4, 0.5) is 0 Å². The van der Waals surface area contributed by atoms with Crippen molar-refractivity contribution in [3.05, 3.63) is 121 Å². The van der Waals surface area contributed by atoms with Crippen molar-refractivity contribution < 1.29 is 4.79 Å². The van der Waals surface area contributed by atoms with Crippen molar-refractivity contribution in [1.82, 2.24) is 9.13 Å². The van der Waals surface area contributed by atoms with Crippen molar-refractivity contribution in [2.24, 2.45) is 0 Å². The average Bonchev–Trinajstić information content (AvgIpc) is 3.42. The molecule has 0 N–H and O–H groups in total. The molecule has 0 spiro atoms. The lowest BCUT2D eigenvalue weighted by molar-refractivity contribution is 0.112. The molecule has 160 valence electrons. The van der Waals surface area contributed by atoms with Crippen LogP contribution < -0.4 is 0 Å². The molecule has 0 aliphatic heterocycles. The highest BCUT2D eigenvalue weighted by Gasteiger charge is 2.23. The lowest BCUT2D eigenvalue weighted by Gasteiger charge is -2.11. The van der Waals surface area contributed by atoms with E-state index in [0.29, 0.717) is 5.56 Å². The van der Waals surface area contributed by atoms with Crippen molar-refractivity contribution in [2.45, 2.75) is 0 Å². The third-order valence-corrected chi connectivity index (χ3v) is 6.75. The van der Waals surface area contributed by atoms with E-state index < -0.39 is 0 Å².